The molecule has 0 unspecified atom stereocenters. The zero-order chi connectivity index (χ0) is 16.8. The van der Waals surface area contributed by atoms with Crippen LogP contribution >= 0.6 is 0 Å². The fourth-order valence-electron chi connectivity index (χ4n) is 3.27. The molecule has 0 fully saturated rings. The second kappa shape index (κ2) is 5.44. The predicted molar refractivity (Wildman–Crippen MR) is 80.9 cm³/mol. The van der Waals surface area contributed by atoms with Gasteiger partial charge in [0.05, 0.1) is 12.7 Å². The van der Waals surface area contributed by atoms with Crippen LogP contribution in [0.3, 0.4) is 0 Å². The topological polar surface area (TPSA) is 82.1 Å². The number of hydrogen-bond donors (Lipinski definition) is 1. The SMILES string of the molecule is COc1cc2c(c3c1C[C@H](C)[C@](C)(CCC(=O)O)O3)COC2=O. The predicted octanol–water partition coefficient (Wildman–Crippen LogP) is 2.56. The molecule has 1 aromatic carbocycles. The number of carbonyl (C=O) groups excluding carboxylic acids is 1. The van der Waals surface area contributed by atoms with Gasteiger partial charge in [0.2, 0.25) is 0 Å². The Balaban J connectivity index is 2.05. The van der Waals surface area contributed by atoms with Gasteiger partial charge in [0, 0.05) is 17.5 Å². The van der Waals surface area contributed by atoms with Crippen molar-refractivity contribution in [2.45, 2.75) is 45.3 Å². The van der Waals surface area contributed by atoms with Crippen molar-refractivity contribution in [3.63, 3.8) is 0 Å². The van der Waals surface area contributed by atoms with Crippen molar-refractivity contribution in [2.24, 2.45) is 5.92 Å². The normalized spacial score (nSPS) is 25.2. The Morgan fingerprint density at radius 1 is 1.48 bits per heavy atom. The van der Waals surface area contributed by atoms with Gasteiger partial charge in [-0.25, -0.2) is 4.79 Å². The van der Waals surface area contributed by atoms with E-state index in [1.807, 2.05) is 13.8 Å². The minimum Gasteiger partial charge on any atom is -0.496 e. The number of benzene rings is 1. The molecule has 2 atom stereocenters. The smallest absolute Gasteiger partial charge is 0.339 e. The third kappa shape index (κ3) is 2.52. The van der Waals surface area contributed by atoms with Crippen molar-refractivity contribution in [3.8, 4) is 11.5 Å². The molecule has 0 spiro atoms. The van der Waals surface area contributed by atoms with Gasteiger partial charge in [-0.1, -0.05) is 6.92 Å². The van der Waals surface area contributed by atoms with E-state index in [4.69, 9.17) is 19.3 Å². The molecule has 2 heterocycles. The summed E-state index contributed by atoms with van der Waals surface area (Å²) in [6.07, 6.45) is 1.15. The lowest BCUT2D eigenvalue weighted by Gasteiger charge is -2.42. The van der Waals surface area contributed by atoms with Gasteiger partial charge in [-0.15, -0.1) is 0 Å². The van der Waals surface area contributed by atoms with E-state index in [0.29, 0.717) is 29.9 Å². The number of rotatable bonds is 4. The average Bonchev–Trinajstić information content (AvgIpc) is 2.87. The average molecular weight is 320 g/mol. The summed E-state index contributed by atoms with van der Waals surface area (Å²) in [4.78, 5) is 22.8. The molecule has 3 rings (SSSR count). The molecule has 0 aromatic heterocycles. The Kier molecular flexibility index (Phi) is 3.70. The minimum atomic E-state index is -0.845. The molecule has 0 saturated heterocycles. The van der Waals surface area contributed by atoms with Crippen LogP contribution in [0.2, 0.25) is 0 Å². The minimum absolute atomic E-state index is 0.0394. The maximum Gasteiger partial charge on any atom is 0.339 e. The zero-order valence-electron chi connectivity index (χ0n) is 13.5. The van der Waals surface area contributed by atoms with Crippen molar-refractivity contribution >= 4 is 11.9 Å². The van der Waals surface area contributed by atoms with Crippen molar-refractivity contribution in [2.75, 3.05) is 7.11 Å². The second-order valence-corrected chi connectivity index (χ2v) is 6.40. The first-order chi connectivity index (χ1) is 10.9. The Labute approximate surface area is 134 Å². The summed E-state index contributed by atoms with van der Waals surface area (Å²) >= 11 is 0. The van der Waals surface area contributed by atoms with Crippen molar-refractivity contribution in [3.05, 3.63) is 22.8 Å². The van der Waals surface area contributed by atoms with Gasteiger partial charge < -0.3 is 19.3 Å². The molecule has 124 valence electrons. The van der Waals surface area contributed by atoms with Gasteiger partial charge in [-0.2, -0.15) is 0 Å². The number of fused-ring (bicyclic) bond motifs is 3. The van der Waals surface area contributed by atoms with E-state index in [1.165, 1.54) is 0 Å². The number of aliphatic carboxylic acids is 1. The highest BCUT2D eigenvalue weighted by atomic mass is 16.5. The molecule has 0 radical (unpaired) electrons. The van der Waals surface area contributed by atoms with Gasteiger partial charge in [-0.3, -0.25) is 4.79 Å². The molecule has 2 aliphatic rings. The van der Waals surface area contributed by atoms with Crippen molar-refractivity contribution in [1.29, 1.82) is 0 Å². The monoisotopic (exact) mass is 320 g/mol. The standard InChI is InChI=1S/C17H20O6/c1-9-6-11-13(21-3)7-10-12(8-22-16(10)20)15(11)23-17(9,2)5-4-14(18)19/h7,9H,4-6,8H2,1-3H3,(H,18,19)/t9-,17-/m0/s1. The quantitative estimate of drug-likeness (QED) is 0.859. The van der Waals surface area contributed by atoms with Gasteiger partial charge in [0.15, 0.2) is 0 Å². The zero-order valence-corrected chi connectivity index (χ0v) is 13.5. The van der Waals surface area contributed by atoms with E-state index in [-0.39, 0.29) is 24.9 Å². The highest BCUT2D eigenvalue weighted by molar-refractivity contribution is 5.95. The van der Waals surface area contributed by atoms with E-state index in [0.717, 1.165) is 11.1 Å². The highest BCUT2D eigenvalue weighted by Crippen LogP contribution is 2.47. The van der Waals surface area contributed by atoms with E-state index in [2.05, 4.69) is 0 Å². The third-order valence-corrected chi connectivity index (χ3v) is 4.96. The number of esters is 1. The largest absolute Gasteiger partial charge is 0.496 e. The molecular weight excluding hydrogens is 300 g/mol. The van der Waals surface area contributed by atoms with Crippen molar-refractivity contribution in [1.82, 2.24) is 0 Å². The third-order valence-electron chi connectivity index (χ3n) is 4.96. The van der Waals surface area contributed by atoms with Gasteiger partial charge >= 0.3 is 11.9 Å². The van der Waals surface area contributed by atoms with Crippen LogP contribution in [-0.4, -0.2) is 29.8 Å². The van der Waals surface area contributed by atoms with E-state index < -0.39 is 11.6 Å². The summed E-state index contributed by atoms with van der Waals surface area (Å²) in [6.45, 7) is 4.15. The van der Waals surface area contributed by atoms with Crippen LogP contribution in [0.1, 0.15) is 48.2 Å². The Morgan fingerprint density at radius 3 is 2.87 bits per heavy atom. The van der Waals surface area contributed by atoms with Crippen LogP contribution in [-0.2, 0) is 22.6 Å². The van der Waals surface area contributed by atoms with Crippen molar-refractivity contribution < 1.29 is 28.9 Å². The summed E-state index contributed by atoms with van der Waals surface area (Å²) in [5.74, 6) is 0.137. The van der Waals surface area contributed by atoms with Gasteiger partial charge in [0.1, 0.15) is 23.7 Å². The van der Waals surface area contributed by atoms with E-state index >= 15 is 0 Å². The fourth-order valence-corrected chi connectivity index (χ4v) is 3.27. The first-order valence-corrected chi connectivity index (χ1v) is 7.66. The van der Waals surface area contributed by atoms with Crippen LogP contribution < -0.4 is 9.47 Å². The lowest BCUT2D eigenvalue weighted by molar-refractivity contribution is -0.138. The summed E-state index contributed by atoms with van der Waals surface area (Å²) in [7, 11) is 1.56. The summed E-state index contributed by atoms with van der Waals surface area (Å²) in [5, 5.41) is 8.97. The molecule has 0 saturated carbocycles. The maximum atomic E-state index is 11.8. The first kappa shape index (κ1) is 15.6. The van der Waals surface area contributed by atoms with E-state index in [9.17, 15) is 9.59 Å². The number of hydrogen-bond acceptors (Lipinski definition) is 5. The summed E-state index contributed by atoms with van der Waals surface area (Å²) in [6, 6.07) is 1.71. The molecule has 1 N–H and O–H groups in total. The molecule has 0 amide bonds. The molecule has 2 aliphatic heterocycles. The number of methoxy groups -OCH3 is 1. The van der Waals surface area contributed by atoms with Gasteiger partial charge in [0.25, 0.3) is 0 Å². The lowest BCUT2D eigenvalue weighted by Crippen LogP contribution is -2.44. The summed E-state index contributed by atoms with van der Waals surface area (Å²) < 4.78 is 16.8. The van der Waals surface area contributed by atoms with Crippen LogP contribution in [0.15, 0.2) is 6.07 Å². The molecule has 1 aromatic rings. The van der Waals surface area contributed by atoms with Gasteiger partial charge in [-0.05, 0) is 31.7 Å². The molecule has 6 heteroatoms. The molecule has 0 aliphatic carbocycles. The first-order valence-electron chi connectivity index (χ1n) is 7.66. The molecule has 6 nitrogen and oxygen atoms in total. The Bertz CT molecular complexity index is 680. The number of carboxylic acids is 1. The molecule has 23 heavy (non-hydrogen) atoms. The number of carbonyl (C=O) groups is 2. The van der Waals surface area contributed by atoms with Crippen LogP contribution in [0.25, 0.3) is 0 Å². The molecular formula is C17H20O6. The number of cyclic esters (lactones) is 1. The fraction of sp³-hybridized carbons (Fsp3) is 0.529. The highest BCUT2D eigenvalue weighted by Gasteiger charge is 2.42. The van der Waals surface area contributed by atoms with Crippen LogP contribution in [0.4, 0.5) is 0 Å². The number of ether oxygens (including phenoxy) is 3. The lowest BCUT2D eigenvalue weighted by atomic mass is 9.78. The van der Waals surface area contributed by atoms with Crippen LogP contribution in [0, 0.1) is 5.92 Å². The number of carboxylic acid groups (broad SMARTS) is 1. The Morgan fingerprint density at radius 2 is 2.22 bits per heavy atom. The van der Waals surface area contributed by atoms with Crippen LogP contribution in [0.5, 0.6) is 11.5 Å². The second-order valence-electron chi connectivity index (χ2n) is 6.40. The summed E-state index contributed by atoms with van der Waals surface area (Å²) in [5.41, 5.74) is 1.52. The Hall–Kier alpha value is -2.24. The maximum absolute atomic E-state index is 11.8. The van der Waals surface area contributed by atoms with E-state index in [1.54, 1.807) is 13.2 Å². The molecule has 0 bridgehead atoms.